The number of aromatic nitrogens is 1. The molecule has 2 heterocycles. The number of ether oxygens (including phenoxy) is 1. The summed E-state index contributed by atoms with van der Waals surface area (Å²) in [5, 5.41) is 10.5. The van der Waals surface area contributed by atoms with E-state index < -0.39 is 0 Å². The molecule has 0 radical (unpaired) electrons. The van der Waals surface area contributed by atoms with Gasteiger partial charge in [-0.2, -0.15) is 0 Å². The molecule has 0 bridgehead atoms. The zero-order chi connectivity index (χ0) is 13.2. The summed E-state index contributed by atoms with van der Waals surface area (Å²) in [6.45, 7) is 1.55. The number of aliphatic hydroxyl groups is 1. The summed E-state index contributed by atoms with van der Waals surface area (Å²) in [4.78, 5) is 6.70. The monoisotopic (exact) mass is 258 g/mol. The molecule has 1 unspecified atom stereocenters. The minimum absolute atomic E-state index is 0.0349. The van der Waals surface area contributed by atoms with Crippen LogP contribution in [0.15, 0.2) is 30.3 Å². The van der Waals surface area contributed by atoms with Crippen molar-refractivity contribution in [3.63, 3.8) is 0 Å². The number of pyridine rings is 1. The molecule has 0 amide bonds. The van der Waals surface area contributed by atoms with Crippen molar-refractivity contribution in [2.45, 2.75) is 19.1 Å². The second-order valence-corrected chi connectivity index (χ2v) is 4.94. The number of anilines is 1. The first-order valence-electron chi connectivity index (χ1n) is 6.59. The highest BCUT2D eigenvalue weighted by Gasteiger charge is 2.22. The van der Waals surface area contributed by atoms with Gasteiger partial charge in [-0.3, -0.25) is 4.98 Å². The number of hydrogen-bond donors (Lipinski definition) is 1. The molecular weight excluding hydrogens is 240 g/mol. The predicted octanol–water partition coefficient (Wildman–Crippen LogP) is 1.95. The third-order valence-corrected chi connectivity index (χ3v) is 3.74. The van der Waals surface area contributed by atoms with E-state index in [4.69, 9.17) is 4.74 Å². The van der Waals surface area contributed by atoms with Crippen molar-refractivity contribution in [3.05, 3.63) is 36.0 Å². The van der Waals surface area contributed by atoms with Crippen molar-refractivity contribution < 1.29 is 9.84 Å². The Labute approximate surface area is 112 Å². The van der Waals surface area contributed by atoms with Gasteiger partial charge in [0, 0.05) is 24.7 Å². The summed E-state index contributed by atoms with van der Waals surface area (Å²) in [6.07, 6.45) is 1.04. The molecule has 19 heavy (non-hydrogen) atoms. The fraction of sp³-hybridized carbons (Fsp3) is 0.400. The second kappa shape index (κ2) is 5.15. The second-order valence-electron chi connectivity index (χ2n) is 4.94. The molecule has 1 aromatic carbocycles. The Morgan fingerprint density at radius 2 is 2.26 bits per heavy atom. The molecule has 0 saturated carbocycles. The van der Waals surface area contributed by atoms with Crippen LogP contribution in [0.1, 0.15) is 12.1 Å². The van der Waals surface area contributed by atoms with Gasteiger partial charge in [-0.25, -0.2) is 0 Å². The van der Waals surface area contributed by atoms with E-state index in [9.17, 15) is 5.11 Å². The molecule has 4 nitrogen and oxygen atoms in total. The molecule has 100 valence electrons. The van der Waals surface area contributed by atoms with E-state index in [1.807, 2.05) is 24.3 Å². The van der Waals surface area contributed by atoms with Crippen molar-refractivity contribution in [1.29, 1.82) is 0 Å². The summed E-state index contributed by atoms with van der Waals surface area (Å²) < 4.78 is 5.46. The van der Waals surface area contributed by atoms with Crippen LogP contribution in [-0.4, -0.2) is 36.4 Å². The standard InChI is InChI=1S/C15H18N2O2/c1-17(12-6-7-19-10-12)15-8-11(9-18)16-14-5-3-2-4-13(14)15/h2-5,8,12,18H,6-7,9-10H2,1H3. The fourth-order valence-corrected chi connectivity index (χ4v) is 2.61. The van der Waals surface area contributed by atoms with Gasteiger partial charge in [0.25, 0.3) is 0 Å². The lowest BCUT2D eigenvalue weighted by Gasteiger charge is -2.27. The van der Waals surface area contributed by atoms with Crippen LogP contribution in [0.5, 0.6) is 0 Å². The maximum atomic E-state index is 9.36. The van der Waals surface area contributed by atoms with E-state index in [0.29, 0.717) is 11.7 Å². The Morgan fingerprint density at radius 1 is 1.42 bits per heavy atom. The molecule has 0 aliphatic carbocycles. The highest BCUT2D eigenvalue weighted by molar-refractivity contribution is 5.92. The number of rotatable bonds is 3. The van der Waals surface area contributed by atoms with Gasteiger partial charge in [-0.15, -0.1) is 0 Å². The zero-order valence-electron chi connectivity index (χ0n) is 11.0. The molecule has 1 aliphatic heterocycles. The van der Waals surface area contributed by atoms with Crippen LogP contribution >= 0.6 is 0 Å². The van der Waals surface area contributed by atoms with Gasteiger partial charge in [0.05, 0.1) is 30.5 Å². The average Bonchev–Trinajstić information content (AvgIpc) is 2.99. The summed E-state index contributed by atoms with van der Waals surface area (Å²) in [7, 11) is 2.09. The van der Waals surface area contributed by atoms with Gasteiger partial charge < -0.3 is 14.7 Å². The Hall–Kier alpha value is -1.65. The highest BCUT2D eigenvalue weighted by Crippen LogP contribution is 2.29. The number of likely N-dealkylation sites (N-methyl/N-ethyl adjacent to an activating group) is 1. The van der Waals surface area contributed by atoms with Gasteiger partial charge in [0.2, 0.25) is 0 Å². The van der Waals surface area contributed by atoms with Crippen LogP contribution in [0.3, 0.4) is 0 Å². The number of para-hydroxylation sites is 1. The van der Waals surface area contributed by atoms with Crippen LogP contribution < -0.4 is 4.90 Å². The van der Waals surface area contributed by atoms with Gasteiger partial charge in [0.1, 0.15) is 0 Å². The Kier molecular flexibility index (Phi) is 3.36. The summed E-state index contributed by atoms with van der Waals surface area (Å²) in [5.41, 5.74) is 2.75. The number of aliphatic hydroxyl groups excluding tert-OH is 1. The fourth-order valence-electron chi connectivity index (χ4n) is 2.61. The zero-order valence-corrected chi connectivity index (χ0v) is 11.0. The minimum atomic E-state index is -0.0349. The minimum Gasteiger partial charge on any atom is -0.390 e. The van der Waals surface area contributed by atoms with E-state index in [-0.39, 0.29) is 6.61 Å². The topological polar surface area (TPSA) is 45.6 Å². The van der Waals surface area contributed by atoms with Crippen LogP contribution in [-0.2, 0) is 11.3 Å². The van der Waals surface area contributed by atoms with E-state index >= 15 is 0 Å². The van der Waals surface area contributed by atoms with Crippen LogP contribution in [0.2, 0.25) is 0 Å². The smallest absolute Gasteiger partial charge is 0.0854 e. The quantitative estimate of drug-likeness (QED) is 0.914. The van der Waals surface area contributed by atoms with Crippen molar-refractivity contribution >= 4 is 16.6 Å². The number of fused-ring (bicyclic) bond motifs is 1. The first kappa shape index (κ1) is 12.4. The lowest BCUT2D eigenvalue weighted by atomic mass is 10.1. The summed E-state index contributed by atoms with van der Waals surface area (Å²) in [5.74, 6) is 0. The lowest BCUT2D eigenvalue weighted by Crippen LogP contribution is -2.32. The van der Waals surface area contributed by atoms with Crippen molar-refractivity contribution in [1.82, 2.24) is 4.98 Å². The summed E-state index contributed by atoms with van der Waals surface area (Å²) in [6, 6.07) is 10.4. The SMILES string of the molecule is CN(c1cc(CO)nc2ccccc12)C1CCOC1. The van der Waals surface area contributed by atoms with E-state index in [0.717, 1.165) is 36.2 Å². The van der Waals surface area contributed by atoms with Crippen LogP contribution in [0.25, 0.3) is 10.9 Å². The van der Waals surface area contributed by atoms with Crippen molar-refractivity contribution in [3.8, 4) is 0 Å². The van der Waals surface area contributed by atoms with Crippen molar-refractivity contribution in [2.75, 3.05) is 25.2 Å². The van der Waals surface area contributed by atoms with Gasteiger partial charge in [-0.05, 0) is 18.6 Å². The van der Waals surface area contributed by atoms with E-state index in [1.54, 1.807) is 0 Å². The third kappa shape index (κ3) is 2.29. The number of benzene rings is 1. The van der Waals surface area contributed by atoms with Crippen LogP contribution in [0.4, 0.5) is 5.69 Å². The van der Waals surface area contributed by atoms with Crippen molar-refractivity contribution in [2.24, 2.45) is 0 Å². The predicted molar refractivity (Wildman–Crippen MR) is 75.3 cm³/mol. The largest absolute Gasteiger partial charge is 0.390 e. The first-order valence-corrected chi connectivity index (χ1v) is 6.59. The first-order chi connectivity index (χ1) is 9.29. The van der Waals surface area contributed by atoms with Gasteiger partial charge in [-0.1, -0.05) is 18.2 Å². The molecule has 1 fully saturated rings. The molecule has 0 spiro atoms. The Balaban J connectivity index is 2.09. The van der Waals surface area contributed by atoms with E-state index in [1.165, 1.54) is 0 Å². The Morgan fingerprint density at radius 3 is 3.00 bits per heavy atom. The Bertz CT molecular complexity index is 579. The molecule has 1 atom stereocenters. The van der Waals surface area contributed by atoms with Gasteiger partial charge in [0.15, 0.2) is 0 Å². The molecule has 4 heteroatoms. The van der Waals surface area contributed by atoms with Crippen LogP contribution in [0, 0.1) is 0 Å². The maximum Gasteiger partial charge on any atom is 0.0854 e. The summed E-state index contributed by atoms with van der Waals surface area (Å²) >= 11 is 0. The molecule has 2 aromatic rings. The lowest BCUT2D eigenvalue weighted by molar-refractivity contribution is 0.193. The average molecular weight is 258 g/mol. The normalized spacial score (nSPS) is 18.9. The molecular formula is C15H18N2O2. The highest BCUT2D eigenvalue weighted by atomic mass is 16.5. The number of hydrogen-bond acceptors (Lipinski definition) is 4. The molecule has 1 N–H and O–H groups in total. The molecule has 1 aliphatic rings. The molecule has 1 aromatic heterocycles. The van der Waals surface area contributed by atoms with Gasteiger partial charge >= 0.3 is 0 Å². The molecule has 1 saturated heterocycles. The third-order valence-electron chi connectivity index (χ3n) is 3.74. The van der Waals surface area contributed by atoms with E-state index in [2.05, 4.69) is 23.0 Å². The molecule has 3 rings (SSSR count). The number of nitrogens with zero attached hydrogens (tertiary/aromatic N) is 2. The maximum absolute atomic E-state index is 9.36.